The predicted molar refractivity (Wildman–Crippen MR) is 239 cm³/mol. The molecule has 1 unspecified atom stereocenters. The molecule has 0 radical (unpaired) electrons. The first-order valence-electron chi connectivity index (χ1n) is 21.7. The summed E-state index contributed by atoms with van der Waals surface area (Å²) in [5.41, 5.74) is 0.305. The molecule has 4 aliphatic heterocycles. The fourth-order valence-electron chi connectivity index (χ4n) is 9.46. The zero-order valence-electron chi connectivity index (χ0n) is 36.8. The van der Waals surface area contributed by atoms with Gasteiger partial charge in [0.05, 0.1) is 36.9 Å². The van der Waals surface area contributed by atoms with Gasteiger partial charge < -0.3 is 33.5 Å². The number of benzene rings is 2. The van der Waals surface area contributed by atoms with E-state index in [-0.39, 0.29) is 89.8 Å². The van der Waals surface area contributed by atoms with Crippen molar-refractivity contribution >= 4 is 45.5 Å². The van der Waals surface area contributed by atoms with Crippen molar-refractivity contribution in [3.05, 3.63) is 83.6 Å². The minimum absolute atomic E-state index is 0.0291. The summed E-state index contributed by atoms with van der Waals surface area (Å²) in [5.74, 6) is 1.59. The Labute approximate surface area is 375 Å². The van der Waals surface area contributed by atoms with Crippen molar-refractivity contribution in [1.82, 2.24) is 29.7 Å². The molecule has 2 amide bonds. The van der Waals surface area contributed by atoms with Gasteiger partial charge >= 0.3 is 18.2 Å². The van der Waals surface area contributed by atoms with Crippen LogP contribution in [0.25, 0.3) is 32.9 Å². The maximum atomic E-state index is 17.6. The average Bonchev–Trinajstić information content (AvgIpc) is 3.72. The highest BCUT2D eigenvalue weighted by atomic mass is 19.1. The third kappa shape index (κ3) is 8.44. The van der Waals surface area contributed by atoms with Gasteiger partial charge in [0.1, 0.15) is 59.5 Å². The smallest absolute Gasteiger partial charge is 0.413 e. The lowest BCUT2D eigenvalue weighted by molar-refractivity contribution is 0.0139. The summed E-state index contributed by atoms with van der Waals surface area (Å²) < 4.78 is 62.5. The second-order valence-electron chi connectivity index (χ2n) is 17.8. The third-order valence-corrected chi connectivity index (χ3v) is 12.4. The normalized spacial score (nSPS) is 20.2. The van der Waals surface area contributed by atoms with E-state index < -0.39 is 34.9 Å². The summed E-state index contributed by atoms with van der Waals surface area (Å²) in [6, 6.07) is 10.8. The van der Waals surface area contributed by atoms with Crippen LogP contribution < -0.4 is 19.7 Å². The van der Waals surface area contributed by atoms with Crippen molar-refractivity contribution in [3.8, 4) is 35.5 Å². The van der Waals surface area contributed by atoms with Crippen LogP contribution in [0.1, 0.15) is 64.1 Å². The maximum Gasteiger partial charge on any atom is 0.413 e. The van der Waals surface area contributed by atoms with Crippen LogP contribution >= 0.6 is 0 Å². The van der Waals surface area contributed by atoms with Gasteiger partial charge in [0.2, 0.25) is 5.88 Å². The number of aromatic nitrogens is 4. The van der Waals surface area contributed by atoms with Gasteiger partial charge in [-0.05, 0) is 64.5 Å². The number of nitrogens with one attached hydrogen (secondary N) is 1. The molecule has 65 heavy (non-hydrogen) atoms. The van der Waals surface area contributed by atoms with Crippen molar-refractivity contribution < 1.29 is 42.1 Å². The van der Waals surface area contributed by atoms with Gasteiger partial charge in [0.25, 0.3) is 0 Å². The molecule has 1 N–H and O–H groups in total. The van der Waals surface area contributed by atoms with Crippen molar-refractivity contribution in [3.63, 3.8) is 0 Å². The molecule has 4 aliphatic rings. The number of ether oxygens (including phenoxy) is 5. The second kappa shape index (κ2) is 17.4. The van der Waals surface area contributed by atoms with Crippen molar-refractivity contribution in [2.45, 2.75) is 70.2 Å². The van der Waals surface area contributed by atoms with Crippen LogP contribution in [-0.2, 0) is 14.2 Å². The number of halogens is 2. The third-order valence-electron chi connectivity index (χ3n) is 12.4. The highest BCUT2D eigenvalue weighted by Gasteiger charge is 2.51. The van der Waals surface area contributed by atoms with Crippen LogP contribution in [0.15, 0.2) is 60.8 Å². The lowest BCUT2D eigenvalue weighted by Crippen LogP contribution is -2.48. The number of hydrogen-bond acceptors (Lipinski definition) is 13. The lowest BCUT2D eigenvalue weighted by Gasteiger charge is -2.34. The highest BCUT2D eigenvalue weighted by Crippen LogP contribution is 2.46. The average molecular weight is 889 g/mol. The predicted octanol–water partition coefficient (Wildman–Crippen LogP) is 7.82. The molecule has 338 valence electrons. The van der Waals surface area contributed by atoms with E-state index >= 15 is 8.78 Å². The number of terminal acetylenes is 1. The van der Waals surface area contributed by atoms with Crippen LogP contribution in [0.3, 0.4) is 0 Å². The van der Waals surface area contributed by atoms with Crippen molar-refractivity contribution in [1.29, 1.82) is 0 Å². The number of carbonyl (C=O) groups excluding carboxylic acids is 2. The fraction of sp³-hybridized carbons (Fsp3) is 0.417. The fourth-order valence-corrected chi connectivity index (χ4v) is 9.46. The Morgan fingerprint density at radius 2 is 1.88 bits per heavy atom. The number of hydrogen-bond donors (Lipinski definition) is 1. The molecule has 0 bridgehead atoms. The Balaban J connectivity index is 1.11. The van der Waals surface area contributed by atoms with Crippen LogP contribution in [-0.4, -0.2) is 118 Å². The highest BCUT2D eigenvalue weighted by molar-refractivity contribution is 6.03. The molecule has 0 aliphatic carbocycles. The lowest BCUT2D eigenvalue weighted by atomic mass is 9.94. The summed E-state index contributed by atoms with van der Waals surface area (Å²) >= 11 is 0. The van der Waals surface area contributed by atoms with E-state index in [4.69, 9.17) is 45.1 Å². The van der Waals surface area contributed by atoms with E-state index in [1.54, 1.807) is 62.2 Å². The molecule has 0 saturated carbocycles. The number of nitrogens with zero attached hydrogens (tertiary/aromatic N) is 7. The van der Waals surface area contributed by atoms with Gasteiger partial charge in [0.15, 0.2) is 5.82 Å². The zero-order chi connectivity index (χ0) is 45.6. The summed E-state index contributed by atoms with van der Waals surface area (Å²) in [4.78, 5) is 50.7. The first-order chi connectivity index (χ1) is 31.2. The van der Waals surface area contributed by atoms with Gasteiger partial charge in [-0.2, -0.15) is 9.97 Å². The Morgan fingerprint density at radius 1 is 1.06 bits per heavy atom. The SMILES string of the molecule is C#Cc1c(F)ccc2cccc(-c3nc4c5c(nc(OC[C@]67CC[C@@H](COC(=O)N8CCOCC8)N6CC(=C)C7)nc5c3F)N(C(C)c3cccnc3NC(=O)OC(C)(C)C)CCO4)c12. The van der Waals surface area contributed by atoms with E-state index in [1.165, 1.54) is 6.07 Å². The van der Waals surface area contributed by atoms with Gasteiger partial charge in [-0.15, -0.1) is 6.42 Å². The molecule has 2 aromatic carbocycles. The molecule has 5 aromatic rings. The molecular formula is C48H50F2N8O7. The molecule has 17 heteroatoms. The Kier molecular flexibility index (Phi) is 11.7. The van der Waals surface area contributed by atoms with Crippen molar-refractivity contribution in [2.75, 3.05) is 69.4 Å². The van der Waals surface area contributed by atoms with E-state index in [1.807, 2.05) is 17.9 Å². The number of rotatable bonds is 9. The minimum atomic E-state index is -0.819. The largest absolute Gasteiger partial charge is 0.475 e. The summed E-state index contributed by atoms with van der Waals surface area (Å²) in [6.45, 7) is 14.7. The molecule has 3 atom stereocenters. The standard InChI is InChI=1S/C48H50F2N8O7/c1-7-32-35(49)14-13-30-10-8-11-34(36(30)32)39-38(50)40-37-42(57(20-23-62-43(37)52-39)29(3)33-12-9-17-51-41(33)54-45(59)65-47(4,5)6)55-44(53-40)64-27-48-16-15-31(58(48)25-28(2)24-48)26-63-46(60)56-18-21-61-22-19-56/h1,8-14,17,29,31H,2,15-16,18-27H2,3-6H3,(H,51,54,59)/t29?,31-,48+/m0/s1. The van der Waals surface area contributed by atoms with Gasteiger partial charge in [0, 0.05) is 48.4 Å². The molecule has 3 saturated heterocycles. The maximum absolute atomic E-state index is 17.6. The van der Waals surface area contributed by atoms with E-state index in [9.17, 15) is 9.59 Å². The Bertz CT molecular complexity index is 2750. The Hall–Kier alpha value is -6.64. The van der Waals surface area contributed by atoms with Crippen LogP contribution in [0.2, 0.25) is 0 Å². The summed E-state index contributed by atoms with van der Waals surface area (Å²) in [6.07, 6.45) is 8.46. The molecule has 9 rings (SSSR count). The topological polar surface area (TPSA) is 154 Å². The molecular weight excluding hydrogens is 839 g/mol. The van der Waals surface area contributed by atoms with Gasteiger partial charge in [-0.25, -0.2) is 28.3 Å². The number of carbonyl (C=O) groups is 2. The molecule has 3 aromatic heterocycles. The molecule has 0 spiro atoms. The van der Waals surface area contributed by atoms with E-state index in [0.717, 1.165) is 18.4 Å². The molecule has 7 heterocycles. The van der Waals surface area contributed by atoms with Gasteiger partial charge in [-0.1, -0.05) is 48.4 Å². The summed E-state index contributed by atoms with van der Waals surface area (Å²) in [5, 5.41) is 3.88. The molecule has 15 nitrogen and oxygen atoms in total. The first-order valence-corrected chi connectivity index (χ1v) is 21.7. The first kappa shape index (κ1) is 43.6. The van der Waals surface area contributed by atoms with E-state index in [0.29, 0.717) is 55.6 Å². The molecule has 3 fully saturated rings. The van der Waals surface area contributed by atoms with Gasteiger partial charge in [-0.3, -0.25) is 10.2 Å². The number of morpholine rings is 1. The van der Waals surface area contributed by atoms with E-state index in [2.05, 4.69) is 27.7 Å². The Morgan fingerprint density at radius 3 is 2.66 bits per heavy atom. The van der Waals surface area contributed by atoms with Crippen LogP contribution in [0, 0.1) is 24.0 Å². The zero-order valence-corrected chi connectivity index (χ0v) is 36.8. The number of amides is 2. The number of anilines is 2. The monoisotopic (exact) mass is 888 g/mol. The minimum Gasteiger partial charge on any atom is -0.475 e. The van der Waals surface area contributed by atoms with Crippen molar-refractivity contribution in [2.24, 2.45) is 0 Å². The number of pyridine rings is 2. The second-order valence-corrected chi connectivity index (χ2v) is 17.8. The van der Waals surface area contributed by atoms with Crippen LogP contribution in [0.4, 0.5) is 30.0 Å². The van der Waals surface area contributed by atoms with Crippen LogP contribution in [0.5, 0.6) is 11.9 Å². The quantitative estimate of drug-likeness (QED) is 0.113. The number of fused-ring (bicyclic) bond motifs is 2. The summed E-state index contributed by atoms with van der Waals surface area (Å²) in [7, 11) is 0.